The molecular weight excluding hydrogens is 324 g/mol. The van der Waals surface area contributed by atoms with Gasteiger partial charge in [-0.3, -0.25) is 9.59 Å². The maximum atomic E-state index is 12.3. The fourth-order valence-electron chi connectivity index (χ4n) is 2.14. The van der Waals surface area contributed by atoms with Crippen molar-refractivity contribution in [3.63, 3.8) is 0 Å². The lowest BCUT2D eigenvalue weighted by molar-refractivity contribution is -0.141. The van der Waals surface area contributed by atoms with Crippen LogP contribution in [0.15, 0.2) is 23.2 Å². The second-order valence-electron chi connectivity index (χ2n) is 7.10. The van der Waals surface area contributed by atoms with Gasteiger partial charge in [-0.1, -0.05) is 52.0 Å². The first-order valence-corrected chi connectivity index (χ1v) is 8.74. The first kappa shape index (κ1) is 18.4. The Morgan fingerprint density at radius 3 is 2.50 bits per heavy atom. The number of ether oxygens (including phenoxy) is 1. The Labute approximate surface area is 146 Å². The smallest absolute Gasteiger partial charge is 0.325 e. The largest absolute Gasteiger partial charge is 0.468 e. The highest BCUT2D eigenvalue weighted by molar-refractivity contribution is 7.16. The Morgan fingerprint density at radius 1 is 1.29 bits per heavy atom. The van der Waals surface area contributed by atoms with Gasteiger partial charge >= 0.3 is 5.97 Å². The van der Waals surface area contributed by atoms with Gasteiger partial charge in [0.15, 0.2) is 4.80 Å². The van der Waals surface area contributed by atoms with Gasteiger partial charge in [0.25, 0.3) is 5.91 Å². The van der Waals surface area contributed by atoms with Gasteiger partial charge in [-0.15, -0.1) is 0 Å². The van der Waals surface area contributed by atoms with Gasteiger partial charge in [0.1, 0.15) is 6.54 Å². The van der Waals surface area contributed by atoms with E-state index in [1.54, 1.807) is 4.57 Å². The molecule has 2 rings (SSSR count). The molecular formula is C18H24N2O3S. The molecule has 6 heteroatoms. The number of esters is 1. The lowest BCUT2D eigenvalue weighted by Crippen LogP contribution is -2.26. The molecule has 0 saturated carbocycles. The Balaban J connectivity index is 2.67. The second kappa shape index (κ2) is 6.89. The van der Waals surface area contributed by atoms with Crippen LogP contribution in [-0.2, 0) is 20.9 Å². The highest BCUT2D eigenvalue weighted by Crippen LogP contribution is 2.24. The van der Waals surface area contributed by atoms with Crippen molar-refractivity contribution in [2.24, 2.45) is 10.4 Å². The highest BCUT2D eigenvalue weighted by atomic mass is 32.1. The fraction of sp³-hybridized carbons (Fsp3) is 0.500. The van der Waals surface area contributed by atoms with Crippen LogP contribution in [0.5, 0.6) is 0 Å². The SMILES string of the molecule is COC(=O)Cn1c(=NC(=O)C(C)(C)C)sc2cc(C(C)C)ccc21. The molecule has 0 bridgehead atoms. The third kappa shape index (κ3) is 3.93. The number of fused-ring (bicyclic) bond motifs is 1. The molecule has 2 aromatic rings. The maximum Gasteiger partial charge on any atom is 0.325 e. The van der Waals surface area contributed by atoms with Gasteiger partial charge < -0.3 is 9.30 Å². The van der Waals surface area contributed by atoms with Crippen molar-refractivity contribution in [1.29, 1.82) is 0 Å². The Hall–Kier alpha value is -1.95. The molecule has 0 fully saturated rings. The lowest BCUT2D eigenvalue weighted by atomic mass is 9.96. The van der Waals surface area contributed by atoms with Crippen LogP contribution in [0.25, 0.3) is 10.2 Å². The molecule has 0 unspecified atom stereocenters. The number of amides is 1. The van der Waals surface area contributed by atoms with E-state index in [1.165, 1.54) is 24.0 Å². The second-order valence-corrected chi connectivity index (χ2v) is 8.10. The number of carbonyl (C=O) groups excluding carboxylic acids is 2. The van der Waals surface area contributed by atoms with E-state index < -0.39 is 5.41 Å². The van der Waals surface area contributed by atoms with Crippen LogP contribution in [0, 0.1) is 5.41 Å². The first-order chi connectivity index (χ1) is 11.1. The molecule has 0 atom stereocenters. The molecule has 0 saturated heterocycles. The van der Waals surface area contributed by atoms with Crippen molar-refractivity contribution in [2.75, 3.05) is 7.11 Å². The van der Waals surface area contributed by atoms with E-state index in [1.807, 2.05) is 32.9 Å². The molecule has 0 radical (unpaired) electrons. The monoisotopic (exact) mass is 348 g/mol. The fourth-order valence-corrected chi connectivity index (χ4v) is 3.21. The molecule has 1 heterocycles. The Kier molecular flexibility index (Phi) is 5.28. The summed E-state index contributed by atoms with van der Waals surface area (Å²) in [5.41, 5.74) is 1.53. The van der Waals surface area contributed by atoms with Gasteiger partial charge in [0.05, 0.1) is 17.3 Å². The van der Waals surface area contributed by atoms with E-state index in [9.17, 15) is 9.59 Å². The standard InChI is InChI=1S/C18H24N2O3S/c1-11(2)12-7-8-13-14(9-12)24-17(19-16(22)18(3,4)5)20(13)10-15(21)23-6/h7-9,11H,10H2,1-6H3. The number of carbonyl (C=O) groups is 2. The number of hydrogen-bond donors (Lipinski definition) is 0. The number of thiazole rings is 1. The molecule has 5 nitrogen and oxygen atoms in total. The topological polar surface area (TPSA) is 60.7 Å². The quantitative estimate of drug-likeness (QED) is 0.798. The maximum absolute atomic E-state index is 12.3. The van der Waals surface area contributed by atoms with Crippen molar-refractivity contribution in [1.82, 2.24) is 4.57 Å². The number of hydrogen-bond acceptors (Lipinski definition) is 4. The van der Waals surface area contributed by atoms with Crippen LogP contribution in [0.3, 0.4) is 0 Å². The minimum Gasteiger partial charge on any atom is -0.468 e. The Bertz CT molecular complexity index is 838. The predicted molar refractivity (Wildman–Crippen MR) is 95.9 cm³/mol. The summed E-state index contributed by atoms with van der Waals surface area (Å²) in [5, 5.41) is 0. The van der Waals surface area contributed by atoms with Crippen LogP contribution < -0.4 is 4.80 Å². The summed E-state index contributed by atoms with van der Waals surface area (Å²) in [6.07, 6.45) is 0. The van der Waals surface area contributed by atoms with Crippen molar-refractivity contribution in [3.05, 3.63) is 28.6 Å². The third-order valence-corrected chi connectivity index (χ3v) is 4.77. The highest BCUT2D eigenvalue weighted by Gasteiger charge is 2.21. The van der Waals surface area contributed by atoms with Crippen LogP contribution in [-0.4, -0.2) is 23.6 Å². The van der Waals surface area contributed by atoms with Gasteiger partial charge in [0, 0.05) is 5.41 Å². The first-order valence-electron chi connectivity index (χ1n) is 7.92. The lowest BCUT2D eigenvalue weighted by Gasteiger charge is -2.11. The zero-order chi connectivity index (χ0) is 18.1. The summed E-state index contributed by atoms with van der Waals surface area (Å²) in [6.45, 7) is 9.78. The number of benzene rings is 1. The number of aromatic nitrogens is 1. The van der Waals surface area contributed by atoms with E-state index in [0.717, 1.165) is 10.2 Å². The third-order valence-electron chi connectivity index (χ3n) is 3.73. The summed E-state index contributed by atoms with van der Waals surface area (Å²) in [4.78, 5) is 28.9. The van der Waals surface area contributed by atoms with E-state index in [0.29, 0.717) is 10.7 Å². The zero-order valence-electron chi connectivity index (χ0n) is 15.0. The Morgan fingerprint density at radius 2 is 1.96 bits per heavy atom. The van der Waals surface area contributed by atoms with Gasteiger partial charge in [-0.05, 0) is 23.6 Å². The number of rotatable bonds is 3. The summed E-state index contributed by atoms with van der Waals surface area (Å²) < 4.78 is 7.53. The minimum absolute atomic E-state index is 0.0355. The van der Waals surface area contributed by atoms with Crippen LogP contribution in [0.4, 0.5) is 0 Å². The van der Waals surface area contributed by atoms with Crippen LogP contribution >= 0.6 is 11.3 Å². The van der Waals surface area contributed by atoms with Crippen molar-refractivity contribution in [2.45, 2.75) is 47.1 Å². The van der Waals surface area contributed by atoms with E-state index >= 15 is 0 Å². The normalized spacial score (nSPS) is 12.9. The number of nitrogens with zero attached hydrogens (tertiary/aromatic N) is 2. The average molecular weight is 348 g/mol. The molecule has 1 aromatic heterocycles. The molecule has 130 valence electrons. The summed E-state index contributed by atoms with van der Waals surface area (Å²) in [6, 6.07) is 6.12. The van der Waals surface area contributed by atoms with Crippen molar-refractivity contribution >= 4 is 33.4 Å². The molecule has 0 aliphatic rings. The summed E-state index contributed by atoms with van der Waals surface area (Å²) in [5.74, 6) is -0.175. The van der Waals surface area contributed by atoms with E-state index in [2.05, 4.69) is 24.9 Å². The van der Waals surface area contributed by atoms with Gasteiger partial charge in [0.2, 0.25) is 0 Å². The van der Waals surface area contributed by atoms with Gasteiger partial charge in [-0.25, -0.2) is 0 Å². The summed E-state index contributed by atoms with van der Waals surface area (Å²) >= 11 is 1.42. The zero-order valence-corrected chi connectivity index (χ0v) is 15.9. The molecule has 0 N–H and O–H groups in total. The van der Waals surface area contributed by atoms with Crippen molar-refractivity contribution < 1.29 is 14.3 Å². The van der Waals surface area contributed by atoms with Crippen LogP contribution in [0.2, 0.25) is 0 Å². The number of methoxy groups -OCH3 is 1. The molecule has 24 heavy (non-hydrogen) atoms. The molecule has 0 aliphatic heterocycles. The van der Waals surface area contributed by atoms with Gasteiger partial charge in [-0.2, -0.15) is 4.99 Å². The predicted octanol–water partition coefficient (Wildman–Crippen LogP) is 3.47. The van der Waals surface area contributed by atoms with E-state index in [4.69, 9.17) is 4.74 Å². The van der Waals surface area contributed by atoms with Crippen LogP contribution in [0.1, 0.15) is 46.1 Å². The van der Waals surface area contributed by atoms with Crippen molar-refractivity contribution in [3.8, 4) is 0 Å². The molecule has 1 amide bonds. The average Bonchev–Trinajstić information content (AvgIpc) is 2.82. The van der Waals surface area contributed by atoms with E-state index in [-0.39, 0.29) is 18.4 Å². The minimum atomic E-state index is -0.567. The molecule has 0 aliphatic carbocycles. The molecule has 1 aromatic carbocycles. The summed E-state index contributed by atoms with van der Waals surface area (Å²) in [7, 11) is 1.35. The molecule has 0 spiro atoms.